The molecule has 4 heteroatoms. The van der Waals surface area contributed by atoms with Crippen LogP contribution >= 0.6 is 0 Å². The average molecular weight is 204 g/mol. The van der Waals surface area contributed by atoms with Crippen molar-refractivity contribution in [3.63, 3.8) is 0 Å². The lowest BCUT2D eigenvalue weighted by molar-refractivity contribution is 0.419. The third-order valence-electron chi connectivity index (χ3n) is 1.97. The van der Waals surface area contributed by atoms with Crippen LogP contribution in [0.5, 0.6) is 0 Å². The molecule has 0 N–H and O–H groups in total. The second-order valence-electron chi connectivity index (χ2n) is 3.15. The van der Waals surface area contributed by atoms with E-state index in [4.69, 9.17) is 0 Å². The van der Waals surface area contributed by atoms with Crippen molar-refractivity contribution in [2.75, 3.05) is 0 Å². The highest BCUT2D eigenvalue weighted by Crippen LogP contribution is 2.16. The molecule has 0 saturated carbocycles. The number of hydrogen-bond donors (Lipinski definition) is 0. The molecule has 76 valence electrons. The van der Waals surface area contributed by atoms with E-state index in [2.05, 4.69) is 21.2 Å². The van der Waals surface area contributed by atoms with E-state index in [0.717, 1.165) is 11.1 Å². The summed E-state index contributed by atoms with van der Waals surface area (Å²) in [6.07, 6.45) is 1.51. The lowest BCUT2D eigenvalue weighted by Crippen LogP contribution is -1.85. The van der Waals surface area contributed by atoms with Crippen LogP contribution in [0, 0.1) is 0 Å². The highest BCUT2D eigenvalue weighted by Gasteiger charge is 2.02. The van der Waals surface area contributed by atoms with Crippen LogP contribution in [0.2, 0.25) is 0 Å². The van der Waals surface area contributed by atoms with Gasteiger partial charge in [-0.3, -0.25) is 0 Å². The predicted molar refractivity (Wildman–Crippen MR) is 53.7 cm³/mol. The lowest BCUT2D eigenvalue weighted by atomic mass is 10.1. The minimum atomic E-state index is -0.345. The first-order valence-electron chi connectivity index (χ1n) is 4.44. The SMILES string of the molecule is C=C(F)Cc1ccc(-c2ncon2)cc1. The second-order valence-corrected chi connectivity index (χ2v) is 3.15. The summed E-state index contributed by atoms with van der Waals surface area (Å²) < 4.78 is 17.2. The fourth-order valence-corrected chi connectivity index (χ4v) is 1.29. The smallest absolute Gasteiger partial charge is 0.214 e. The standard InChI is InChI=1S/C11H9FN2O/c1-8(12)6-9-2-4-10(5-3-9)11-13-7-15-14-11/h2-5,7H,1,6H2. The molecule has 1 aromatic heterocycles. The highest BCUT2D eigenvalue weighted by atomic mass is 19.1. The molecule has 0 spiro atoms. The molecule has 1 heterocycles. The number of allylic oxidation sites excluding steroid dienone is 1. The van der Waals surface area contributed by atoms with Gasteiger partial charge in [0.2, 0.25) is 12.2 Å². The van der Waals surface area contributed by atoms with Crippen LogP contribution in [0.15, 0.2) is 47.6 Å². The normalized spacial score (nSPS) is 10.2. The predicted octanol–water partition coefficient (Wildman–Crippen LogP) is 2.76. The maximum atomic E-state index is 12.5. The molecule has 0 amide bonds. The van der Waals surface area contributed by atoms with Crippen LogP contribution < -0.4 is 0 Å². The summed E-state index contributed by atoms with van der Waals surface area (Å²) in [4.78, 5) is 3.91. The molecule has 0 aliphatic heterocycles. The minimum absolute atomic E-state index is 0.243. The molecule has 1 aromatic carbocycles. The van der Waals surface area contributed by atoms with Gasteiger partial charge in [-0.25, -0.2) is 4.39 Å². The van der Waals surface area contributed by atoms with Crippen molar-refractivity contribution in [3.05, 3.63) is 48.6 Å². The fraction of sp³-hybridized carbons (Fsp3) is 0.0909. The first kappa shape index (κ1) is 9.58. The molecule has 0 saturated heterocycles. The lowest BCUT2D eigenvalue weighted by Gasteiger charge is -1.99. The molecule has 0 atom stereocenters. The van der Waals surface area contributed by atoms with Gasteiger partial charge < -0.3 is 4.52 Å². The Morgan fingerprint density at radius 2 is 2.07 bits per heavy atom. The molecular weight excluding hydrogens is 195 g/mol. The third kappa shape index (κ3) is 2.28. The molecule has 0 unspecified atom stereocenters. The van der Waals surface area contributed by atoms with Crippen molar-refractivity contribution in [3.8, 4) is 11.4 Å². The van der Waals surface area contributed by atoms with Gasteiger partial charge in [-0.2, -0.15) is 4.98 Å². The van der Waals surface area contributed by atoms with Gasteiger partial charge in [-0.15, -0.1) is 0 Å². The van der Waals surface area contributed by atoms with Crippen LogP contribution in [0.4, 0.5) is 4.39 Å². The Balaban J connectivity index is 2.21. The second kappa shape index (κ2) is 4.04. The topological polar surface area (TPSA) is 38.9 Å². The summed E-state index contributed by atoms with van der Waals surface area (Å²) in [5.74, 6) is 0.183. The van der Waals surface area contributed by atoms with Crippen LogP contribution in [-0.4, -0.2) is 10.1 Å². The summed E-state index contributed by atoms with van der Waals surface area (Å²) in [5, 5.41) is 3.70. The van der Waals surface area contributed by atoms with Gasteiger partial charge >= 0.3 is 0 Å². The van der Waals surface area contributed by atoms with E-state index >= 15 is 0 Å². The summed E-state index contributed by atoms with van der Waals surface area (Å²) in [6, 6.07) is 7.28. The van der Waals surface area contributed by atoms with Gasteiger partial charge in [-0.1, -0.05) is 36.0 Å². The molecule has 3 nitrogen and oxygen atoms in total. The summed E-state index contributed by atoms with van der Waals surface area (Å²) in [6.45, 7) is 3.22. The van der Waals surface area contributed by atoms with Gasteiger partial charge in [0.05, 0.1) is 5.83 Å². The number of benzene rings is 1. The largest absolute Gasteiger partial charge is 0.342 e. The van der Waals surface area contributed by atoms with Crippen molar-refractivity contribution in [1.82, 2.24) is 10.1 Å². The fourth-order valence-electron chi connectivity index (χ4n) is 1.29. The van der Waals surface area contributed by atoms with Crippen molar-refractivity contribution in [2.24, 2.45) is 0 Å². The van der Waals surface area contributed by atoms with Crippen molar-refractivity contribution in [2.45, 2.75) is 6.42 Å². The van der Waals surface area contributed by atoms with Crippen molar-refractivity contribution >= 4 is 0 Å². The zero-order valence-corrected chi connectivity index (χ0v) is 7.98. The monoisotopic (exact) mass is 204 g/mol. The number of aromatic nitrogens is 2. The number of rotatable bonds is 3. The van der Waals surface area contributed by atoms with Gasteiger partial charge in [0, 0.05) is 12.0 Å². The first-order chi connectivity index (χ1) is 7.25. The summed E-state index contributed by atoms with van der Waals surface area (Å²) in [7, 11) is 0. The zero-order chi connectivity index (χ0) is 10.7. The van der Waals surface area contributed by atoms with E-state index in [-0.39, 0.29) is 12.2 Å². The van der Waals surface area contributed by atoms with Crippen LogP contribution in [0.1, 0.15) is 5.56 Å². The Kier molecular flexibility index (Phi) is 2.58. The molecule has 0 bridgehead atoms. The molecule has 0 aliphatic rings. The van der Waals surface area contributed by atoms with E-state index in [1.54, 1.807) is 0 Å². The number of nitrogens with zero attached hydrogens (tertiary/aromatic N) is 2. The summed E-state index contributed by atoms with van der Waals surface area (Å²) >= 11 is 0. The van der Waals surface area contributed by atoms with Gasteiger partial charge in [0.25, 0.3) is 0 Å². The quantitative estimate of drug-likeness (QED) is 0.771. The molecule has 0 aliphatic carbocycles. The maximum Gasteiger partial charge on any atom is 0.214 e. The Hall–Kier alpha value is -1.97. The Labute approximate surface area is 86.2 Å². The Morgan fingerprint density at radius 1 is 1.33 bits per heavy atom. The molecule has 2 aromatic rings. The van der Waals surface area contributed by atoms with Crippen LogP contribution in [0.25, 0.3) is 11.4 Å². The van der Waals surface area contributed by atoms with E-state index in [1.165, 1.54) is 6.39 Å². The Bertz CT molecular complexity index is 448. The molecule has 15 heavy (non-hydrogen) atoms. The molecule has 2 rings (SSSR count). The van der Waals surface area contributed by atoms with Gasteiger partial charge in [-0.05, 0) is 5.56 Å². The van der Waals surface area contributed by atoms with Crippen molar-refractivity contribution in [1.29, 1.82) is 0 Å². The van der Waals surface area contributed by atoms with Crippen molar-refractivity contribution < 1.29 is 8.91 Å². The van der Waals surface area contributed by atoms with E-state index < -0.39 is 0 Å². The maximum absolute atomic E-state index is 12.5. The molecular formula is C11H9FN2O. The zero-order valence-electron chi connectivity index (χ0n) is 7.98. The summed E-state index contributed by atoms with van der Waals surface area (Å²) in [5.41, 5.74) is 1.71. The molecule has 0 fully saturated rings. The van der Waals surface area contributed by atoms with Gasteiger partial charge in [0.1, 0.15) is 0 Å². The minimum Gasteiger partial charge on any atom is -0.342 e. The van der Waals surface area contributed by atoms with E-state index in [1.807, 2.05) is 24.3 Å². The number of hydrogen-bond acceptors (Lipinski definition) is 3. The Morgan fingerprint density at radius 3 is 2.60 bits per heavy atom. The van der Waals surface area contributed by atoms with E-state index in [9.17, 15) is 4.39 Å². The average Bonchev–Trinajstić information content (AvgIpc) is 2.71. The first-order valence-corrected chi connectivity index (χ1v) is 4.44. The van der Waals surface area contributed by atoms with Crippen LogP contribution in [-0.2, 0) is 6.42 Å². The number of halogens is 1. The molecule has 0 radical (unpaired) electrons. The van der Waals surface area contributed by atoms with Gasteiger partial charge in [0.15, 0.2) is 0 Å². The van der Waals surface area contributed by atoms with Crippen LogP contribution in [0.3, 0.4) is 0 Å². The highest BCUT2D eigenvalue weighted by molar-refractivity contribution is 5.54. The third-order valence-corrected chi connectivity index (χ3v) is 1.97. The van der Waals surface area contributed by atoms with E-state index in [0.29, 0.717) is 5.82 Å².